The smallest absolute Gasteiger partial charge is 0.232 e. The van der Waals surface area contributed by atoms with Crippen LogP contribution in [0.25, 0.3) is 0 Å². The van der Waals surface area contributed by atoms with Crippen LogP contribution >= 0.6 is 11.8 Å². The predicted octanol–water partition coefficient (Wildman–Crippen LogP) is 3.17. The Hall–Kier alpha value is -0.970. The summed E-state index contributed by atoms with van der Waals surface area (Å²) in [5.41, 5.74) is 2.06. The first-order chi connectivity index (χ1) is 9.49. The molecule has 1 heterocycles. The number of thioether (sulfide) groups is 1. The van der Waals surface area contributed by atoms with Gasteiger partial charge in [0.15, 0.2) is 0 Å². The van der Waals surface area contributed by atoms with Gasteiger partial charge in [0.05, 0.1) is 11.4 Å². The number of aryl methyl sites for hydroxylation is 2. The molecule has 0 aromatic carbocycles. The SMILES string of the molecule is Cc1noc(C)c1CSCC(=O)N(CC(C)C)C1CC1. The zero-order valence-electron chi connectivity index (χ0n) is 12.8. The number of aromatic nitrogens is 1. The molecular formula is C15H24N2O2S. The van der Waals surface area contributed by atoms with Crippen LogP contribution in [0.4, 0.5) is 0 Å². The molecule has 2 rings (SSSR count). The molecule has 1 amide bonds. The van der Waals surface area contributed by atoms with Gasteiger partial charge in [0.1, 0.15) is 5.76 Å². The van der Waals surface area contributed by atoms with Gasteiger partial charge in [-0.3, -0.25) is 4.79 Å². The maximum atomic E-state index is 12.3. The first kappa shape index (κ1) is 15.4. The molecule has 4 nitrogen and oxygen atoms in total. The van der Waals surface area contributed by atoms with Crippen LogP contribution in [0.15, 0.2) is 4.52 Å². The van der Waals surface area contributed by atoms with Crippen molar-refractivity contribution in [3.8, 4) is 0 Å². The molecule has 0 unspecified atom stereocenters. The molecule has 5 heteroatoms. The summed E-state index contributed by atoms with van der Waals surface area (Å²) in [6.07, 6.45) is 2.35. The van der Waals surface area contributed by atoms with Crippen LogP contribution in [0.3, 0.4) is 0 Å². The molecule has 1 fully saturated rings. The van der Waals surface area contributed by atoms with Crippen LogP contribution in [0.5, 0.6) is 0 Å². The molecule has 0 bridgehead atoms. The van der Waals surface area contributed by atoms with E-state index in [1.165, 1.54) is 12.8 Å². The van der Waals surface area contributed by atoms with Crippen molar-refractivity contribution in [2.24, 2.45) is 5.92 Å². The van der Waals surface area contributed by atoms with Gasteiger partial charge in [0, 0.05) is 23.9 Å². The van der Waals surface area contributed by atoms with E-state index in [2.05, 4.69) is 23.9 Å². The lowest BCUT2D eigenvalue weighted by atomic mass is 10.2. The van der Waals surface area contributed by atoms with E-state index >= 15 is 0 Å². The van der Waals surface area contributed by atoms with E-state index in [9.17, 15) is 4.79 Å². The zero-order valence-corrected chi connectivity index (χ0v) is 13.6. The van der Waals surface area contributed by atoms with Crippen molar-refractivity contribution in [3.63, 3.8) is 0 Å². The van der Waals surface area contributed by atoms with Crippen LogP contribution < -0.4 is 0 Å². The first-order valence-corrected chi connectivity index (χ1v) is 8.43. The summed E-state index contributed by atoms with van der Waals surface area (Å²) >= 11 is 1.66. The van der Waals surface area contributed by atoms with Gasteiger partial charge in [-0.05, 0) is 32.6 Å². The summed E-state index contributed by atoms with van der Waals surface area (Å²) in [5.74, 6) is 3.02. The lowest BCUT2D eigenvalue weighted by Gasteiger charge is -2.24. The van der Waals surface area contributed by atoms with Crippen molar-refractivity contribution in [3.05, 3.63) is 17.0 Å². The largest absolute Gasteiger partial charge is 0.361 e. The van der Waals surface area contributed by atoms with E-state index in [-0.39, 0.29) is 5.91 Å². The molecule has 20 heavy (non-hydrogen) atoms. The van der Waals surface area contributed by atoms with Crippen molar-refractivity contribution >= 4 is 17.7 Å². The number of carbonyl (C=O) groups is 1. The summed E-state index contributed by atoms with van der Waals surface area (Å²) in [6.45, 7) is 9.09. The Balaban J connectivity index is 1.82. The second-order valence-electron chi connectivity index (χ2n) is 5.97. The molecule has 0 aliphatic heterocycles. The molecular weight excluding hydrogens is 272 g/mol. The highest BCUT2D eigenvalue weighted by molar-refractivity contribution is 7.99. The van der Waals surface area contributed by atoms with Gasteiger partial charge in [-0.15, -0.1) is 11.8 Å². The molecule has 0 saturated heterocycles. The van der Waals surface area contributed by atoms with Crippen molar-refractivity contribution < 1.29 is 9.32 Å². The summed E-state index contributed by atoms with van der Waals surface area (Å²) in [5, 5.41) is 3.94. The molecule has 112 valence electrons. The lowest BCUT2D eigenvalue weighted by Crippen LogP contribution is -2.37. The lowest BCUT2D eigenvalue weighted by molar-refractivity contribution is -0.129. The van der Waals surface area contributed by atoms with Crippen molar-refractivity contribution in [1.29, 1.82) is 0 Å². The minimum absolute atomic E-state index is 0.276. The van der Waals surface area contributed by atoms with Gasteiger partial charge >= 0.3 is 0 Å². The second-order valence-corrected chi connectivity index (χ2v) is 6.95. The van der Waals surface area contributed by atoms with Crippen LogP contribution in [-0.2, 0) is 10.5 Å². The third kappa shape index (κ3) is 4.01. The number of carbonyl (C=O) groups excluding carboxylic acids is 1. The zero-order chi connectivity index (χ0) is 14.7. The Labute approximate surface area is 125 Å². The van der Waals surface area contributed by atoms with E-state index < -0.39 is 0 Å². The Kier molecular flexibility index (Phi) is 5.13. The van der Waals surface area contributed by atoms with E-state index in [0.717, 1.165) is 29.3 Å². The third-order valence-electron chi connectivity index (χ3n) is 3.52. The molecule has 1 aromatic rings. The third-order valence-corrected chi connectivity index (χ3v) is 4.47. The van der Waals surface area contributed by atoms with Gasteiger partial charge < -0.3 is 9.42 Å². The molecule has 1 aliphatic carbocycles. The molecule has 0 spiro atoms. The average Bonchev–Trinajstić information content (AvgIpc) is 3.17. The highest BCUT2D eigenvalue weighted by atomic mass is 32.2. The van der Waals surface area contributed by atoms with E-state index in [1.54, 1.807) is 11.8 Å². The van der Waals surface area contributed by atoms with Gasteiger partial charge in [-0.2, -0.15) is 0 Å². The molecule has 1 aliphatic rings. The summed E-state index contributed by atoms with van der Waals surface area (Å²) in [7, 11) is 0. The normalized spacial score (nSPS) is 14.8. The van der Waals surface area contributed by atoms with E-state index in [0.29, 0.717) is 17.7 Å². The minimum Gasteiger partial charge on any atom is -0.361 e. The number of amides is 1. The molecule has 0 atom stereocenters. The van der Waals surface area contributed by atoms with Gasteiger partial charge in [0.25, 0.3) is 0 Å². The quantitative estimate of drug-likeness (QED) is 0.775. The van der Waals surface area contributed by atoms with Crippen LogP contribution in [0, 0.1) is 19.8 Å². The summed E-state index contributed by atoms with van der Waals surface area (Å²) < 4.78 is 5.14. The van der Waals surface area contributed by atoms with Crippen molar-refractivity contribution in [2.75, 3.05) is 12.3 Å². The molecule has 1 saturated carbocycles. The Morgan fingerprint density at radius 3 is 2.65 bits per heavy atom. The fraction of sp³-hybridized carbons (Fsp3) is 0.733. The van der Waals surface area contributed by atoms with E-state index in [4.69, 9.17) is 4.52 Å². The standard InChI is InChI=1S/C15H24N2O2S/c1-10(2)7-17(13-5-6-13)15(18)9-20-8-14-11(3)16-19-12(14)4/h10,13H,5-9H2,1-4H3. The average molecular weight is 296 g/mol. The monoisotopic (exact) mass is 296 g/mol. The number of nitrogens with zero attached hydrogens (tertiary/aromatic N) is 2. The van der Waals surface area contributed by atoms with Crippen LogP contribution in [0.1, 0.15) is 43.7 Å². The van der Waals surface area contributed by atoms with Crippen LogP contribution in [-0.4, -0.2) is 34.3 Å². The van der Waals surface area contributed by atoms with Gasteiger partial charge in [0.2, 0.25) is 5.91 Å². The molecule has 1 aromatic heterocycles. The Morgan fingerprint density at radius 1 is 1.45 bits per heavy atom. The number of hydrogen-bond donors (Lipinski definition) is 0. The van der Waals surface area contributed by atoms with Crippen molar-refractivity contribution in [2.45, 2.75) is 52.3 Å². The predicted molar refractivity (Wildman–Crippen MR) is 81.7 cm³/mol. The Morgan fingerprint density at radius 2 is 2.15 bits per heavy atom. The minimum atomic E-state index is 0.276. The highest BCUT2D eigenvalue weighted by Crippen LogP contribution is 2.28. The Bertz CT molecular complexity index is 447. The molecule has 0 N–H and O–H groups in total. The molecule has 0 radical (unpaired) electrons. The fourth-order valence-corrected chi connectivity index (χ4v) is 3.32. The number of hydrogen-bond acceptors (Lipinski definition) is 4. The van der Waals surface area contributed by atoms with Gasteiger partial charge in [-0.1, -0.05) is 19.0 Å². The van der Waals surface area contributed by atoms with Crippen molar-refractivity contribution in [1.82, 2.24) is 10.1 Å². The number of rotatable bonds is 7. The topological polar surface area (TPSA) is 46.3 Å². The maximum Gasteiger partial charge on any atom is 0.232 e. The first-order valence-electron chi connectivity index (χ1n) is 7.28. The van der Waals surface area contributed by atoms with Gasteiger partial charge in [-0.25, -0.2) is 0 Å². The maximum absolute atomic E-state index is 12.3. The highest BCUT2D eigenvalue weighted by Gasteiger charge is 2.32. The second kappa shape index (κ2) is 6.66. The van der Waals surface area contributed by atoms with Crippen LogP contribution in [0.2, 0.25) is 0 Å². The summed E-state index contributed by atoms with van der Waals surface area (Å²) in [6, 6.07) is 0.504. The summed E-state index contributed by atoms with van der Waals surface area (Å²) in [4.78, 5) is 14.4. The van der Waals surface area contributed by atoms with E-state index in [1.807, 2.05) is 13.8 Å². The fourth-order valence-electron chi connectivity index (χ4n) is 2.27.